The van der Waals surface area contributed by atoms with Crippen molar-refractivity contribution in [3.05, 3.63) is 260 Å². The molecule has 1 aromatic heterocycles. The molecule has 0 bridgehead atoms. The molecule has 72 heavy (non-hydrogen) atoms. The number of hydrogen-bond acceptors (Lipinski definition) is 5. The first kappa shape index (κ1) is 57.4. The Morgan fingerprint density at radius 1 is 0.403 bits per heavy atom. The van der Waals surface area contributed by atoms with Gasteiger partial charge in [-0.3, -0.25) is 0 Å². The van der Waals surface area contributed by atoms with Crippen LogP contribution < -0.4 is 18.9 Å². The van der Waals surface area contributed by atoms with Crippen LogP contribution in [0.5, 0.6) is 23.0 Å². The molecule has 2 aliphatic rings. The van der Waals surface area contributed by atoms with Crippen LogP contribution in [0.2, 0.25) is 5.02 Å². The Morgan fingerprint density at radius 3 is 1.42 bits per heavy atom. The zero-order valence-corrected chi connectivity index (χ0v) is 45.6. The highest BCUT2D eigenvalue weighted by Gasteiger charge is 2.11. The molecule has 8 aromatic carbocycles. The molecule has 0 saturated heterocycles. The van der Waals surface area contributed by atoms with Crippen LogP contribution in [0, 0.1) is 83.1 Å². The lowest BCUT2D eigenvalue weighted by atomic mass is 10.0. The fourth-order valence-corrected chi connectivity index (χ4v) is 7.16. The first-order valence-corrected chi connectivity index (χ1v) is 24.8. The average Bonchev–Trinajstić information content (AvgIpc) is 4.16. The van der Waals surface area contributed by atoms with Gasteiger partial charge in [-0.25, -0.2) is 0 Å². The molecule has 6 heteroatoms. The lowest BCUT2D eigenvalue weighted by Gasteiger charge is -2.04. The molecular formula is C66H75ClO5. The lowest BCUT2D eigenvalue weighted by molar-refractivity contribution is 0.174. The van der Waals surface area contributed by atoms with E-state index in [9.17, 15) is 0 Å². The van der Waals surface area contributed by atoms with Crippen molar-refractivity contribution < 1.29 is 23.4 Å². The van der Waals surface area contributed by atoms with Gasteiger partial charge in [0.1, 0.15) is 17.1 Å². The third kappa shape index (κ3) is 21.4. The van der Waals surface area contributed by atoms with E-state index in [-0.39, 0.29) is 0 Å². The summed E-state index contributed by atoms with van der Waals surface area (Å²) in [6.45, 7) is 26.4. The van der Waals surface area contributed by atoms with Gasteiger partial charge in [-0.05, 0) is 172 Å². The maximum atomic E-state index is 5.61. The predicted molar refractivity (Wildman–Crippen MR) is 305 cm³/mol. The summed E-state index contributed by atoms with van der Waals surface area (Å²) in [5.41, 5.74) is 18.2. The van der Waals surface area contributed by atoms with Crippen LogP contribution in [0.15, 0.2) is 187 Å². The van der Waals surface area contributed by atoms with Crippen molar-refractivity contribution in [1.82, 2.24) is 0 Å². The summed E-state index contributed by atoms with van der Waals surface area (Å²) >= 11 is 5.61. The van der Waals surface area contributed by atoms with E-state index in [0.717, 1.165) is 46.6 Å². The Balaban J connectivity index is 0.000000179. The van der Waals surface area contributed by atoms with E-state index in [1.807, 2.05) is 117 Å². The van der Waals surface area contributed by atoms with E-state index < -0.39 is 0 Å². The predicted octanol–water partition coefficient (Wildman–Crippen LogP) is 18.3. The van der Waals surface area contributed by atoms with Gasteiger partial charge < -0.3 is 23.4 Å². The standard InChI is InChI=1S/C10H14.C9H10O.C9H8O.C8H8O2.C8H10O.C8H10.C7H7Cl.C7H8/c1-7-5-8(2)10(4)9(3)6-7;2*1-7-2-3-9-8(6-7)4-5-10-9;1-6-2-3-7-8(4-6)10-5-9-7;1-7-3-5-8(9-2)6-4-7;1-7-3-5-8(2)6-4-7;1-6-2-4-7(8)5-3-6;1-7-5-3-2-4-6-7/h5-6H,1-4H3;2-3,6H,4-5H2,1H3;2-6H,1H3;2-4H,5H2,1H3;3-6H,1-2H3;3-6H,1-2H3;2-5H,1H3;2-6H,1H3. The Bertz CT molecular complexity index is 2790. The van der Waals surface area contributed by atoms with Gasteiger partial charge in [-0.2, -0.15) is 0 Å². The van der Waals surface area contributed by atoms with E-state index in [2.05, 4.69) is 142 Å². The molecule has 2 aliphatic heterocycles. The molecule has 0 N–H and O–H groups in total. The van der Waals surface area contributed by atoms with E-state index in [0.29, 0.717) is 6.79 Å². The molecule has 5 nitrogen and oxygen atoms in total. The Labute approximate surface area is 436 Å². The third-order valence-corrected chi connectivity index (χ3v) is 11.7. The molecule has 0 aliphatic carbocycles. The molecular weight excluding hydrogens is 908 g/mol. The summed E-state index contributed by atoms with van der Waals surface area (Å²) in [7, 11) is 1.67. The highest BCUT2D eigenvalue weighted by Crippen LogP contribution is 2.32. The molecule has 0 unspecified atom stereocenters. The van der Waals surface area contributed by atoms with Crippen LogP contribution in [-0.4, -0.2) is 20.5 Å². The largest absolute Gasteiger partial charge is 0.497 e. The Morgan fingerprint density at radius 2 is 0.875 bits per heavy atom. The third-order valence-electron chi connectivity index (χ3n) is 11.5. The zero-order chi connectivity index (χ0) is 52.4. The first-order valence-electron chi connectivity index (χ1n) is 24.4. The van der Waals surface area contributed by atoms with Gasteiger partial charge in [0.25, 0.3) is 0 Å². The van der Waals surface area contributed by atoms with Gasteiger partial charge in [-0.1, -0.05) is 171 Å². The topological polar surface area (TPSA) is 50.1 Å². The monoisotopic (exact) mass is 983 g/mol. The molecule has 11 rings (SSSR count). The maximum absolute atomic E-state index is 5.61. The van der Waals surface area contributed by atoms with Gasteiger partial charge in [0.2, 0.25) is 6.79 Å². The minimum atomic E-state index is 0.360. The second kappa shape index (κ2) is 30.5. The smallest absolute Gasteiger partial charge is 0.231 e. The number of methoxy groups -OCH3 is 1. The summed E-state index contributed by atoms with van der Waals surface area (Å²) in [6, 6.07) is 59.3. The molecule has 3 heterocycles. The maximum Gasteiger partial charge on any atom is 0.231 e. The van der Waals surface area contributed by atoms with Gasteiger partial charge in [-0.15, -0.1) is 0 Å². The molecule has 0 fully saturated rings. The quantitative estimate of drug-likeness (QED) is 0.164. The minimum Gasteiger partial charge on any atom is -0.497 e. The fourth-order valence-electron chi connectivity index (χ4n) is 7.04. The lowest BCUT2D eigenvalue weighted by Crippen LogP contribution is -1.92. The number of fused-ring (bicyclic) bond motifs is 3. The number of halogens is 1. The molecule has 0 radical (unpaired) electrons. The summed E-state index contributed by atoms with van der Waals surface area (Å²) in [5, 5.41) is 1.98. The second-order valence-electron chi connectivity index (χ2n) is 18.2. The number of aryl methyl sites for hydroxylation is 11. The normalized spacial score (nSPS) is 10.8. The van der Waals surface area contributed by atoms with E-state index in [4.69, 9.17) is 35.0 Å². The Hall–Kier alpha value is -7.21. The molecule has 376 valence electrons. The van der Waals surface area contributed by atoms with Crippen LogP contribution in [-0.2, 0) is 6.42 Å². The van der Waals surface area contributed by atoms with Crippen molar-refractivity contribution in [2.24, 2.45) is 0 Å². The Kier molecular flexibility index (Phi) is 24.3. The molecule has 9 aromatic rings. The number of hydrogen-bond donors (Lipinski definition) is 0. The summed E-state index contributed by atoms with van der Waals surface area (Å²) in [4.78, 5) is 0. The van der Waals surface area contributed by atoms with Crippen LogP contribution in [0.1, 0.15) is 72.3 Å². The van der Waals surface area contributed by atoms with Crippen molar-refractivity contribution in [3.63, 3.8) is 0 Å². The zero-order valence-electron chi connectivity index (χ0n) is 44.9. The van der Waals surface area contributed by atoms with Crippen molar-refractivity contribution >= 4 is 22.6 Å². The van der Waals surface area contributed by atoms with Crippen molar-refractivity contribution in [1.29, 1.82) is 0 Å². The molecule has 0 spiro atoms. The SMILES string of the molecule is COc1ccc(C)cc1.Cc1cc(C)c(C)c(C)c1.Cc1ccc(C)cc1.Cc1ccc(Cl)cc1.Cc1ccc2c(c1)CCO2.Cc1ccc2c(c1)OCO2.Cc1ccc2occc2c1.Cc1ccccc1. The second-order valence-corrected chi connectivity index (χ2v) is 18.6. The molecule has 0 amide bonds. The average molecular weight is 984 g/mol. The highest BCUT2D eigenvalue weighted by atomic mass is 35.5. The van der Waals surface area contributed by atoms with Crippen LogP contribution in [0.3, 0.4) is 0 Å². The molecule has 0 atom stereocenters. The first-order chi connectivity index (χ1) is 34.5. The summed E-state index contributed by atoms with van der Waals surface area (Å²) < 4.78 is 25.8. The summed E-state index contributed by atoms with van der Waals surface area (Å²) in [5.74, 6) is 3.71. The molecule has 0 saturated carbocycles. The van der Waals surface area contributed by atoms with Crippen LogP contribution >= 0.6 is 11.6 Å². The van der Waals surface area contributed by atoms with E-state index in [1.54, 1.807) is 13.4 Å². The number of benzene rings is 8. The number of rotatable bonds is 1. The fraction of sp³-hybridized carbons (Fsp3) is 0.242. The van der Waals surface area contributed by atoms with Crippen molar-refractivity contribution in [2.45, 2.75) is 89.5 Å². The van der Waals surface area contributed by atoms with Crippen molar-refractivity contribution in [2.75, 3.05) is 20.5 Å². The number of furan rings is 1. The van der Waals surface area contributed by atoms with Gasteiger partial charge in [0.05, 0.1) is 20.0 Å². The van der Waals surface area contributed by atoms with E-state index in [1.165, 1.54) is 77.7 Å². The van der Waals surface area contributed by atoms with Gasteiger partial charge >= 0.3 is 0 Å². The summed E-state index contributed by atoms with van der Waals surface area (Å²) in [6.07, 6.45) is 2.79. The highest BCUT2D eigenvalue weighted by molar-refractivity contribution is 6.30. The minimum absolute atomic E-state index is 0.360. The van der Waals surface area contributed by atoms with Crippen LogP contribution in [0.4, 0.5) is 0 Å². The van der Waals surface area contributed by atoms with Crippen molar-refractivity contribution in [3.8, 4) is 23.0 Å². The van der Waals surface area contributed by atoms with Gasteiger partial charge in [0, 0.05) is 16.8 Å². The number of ether oxygens (including phenoxy) is 4. The van der Waals surface area contributed by atoms with E-state index >= 15 is 0 Å². The van der Waals surface area contributed by atoms with Gasteiger partial charge in [0.15, 0.2) is 11.5 Å². The van der Waals surface area contributed by atoms with Crippen LogP contribution in [0.25, 0.3) is 11.0 Å².